The minimum absolute atomic E-state index is 0.171. The van der Waals surface area contributed by atoms with E-state index in [1.165, 1.54) is 0 Å². The van der Waals surface area contributed by atoms with Crippen molar-refractivity contribution < 1.29 is 9.53 Å². The summed E-state index contributed by atoms with van der Waals surface area (Å²) in [5.41, 5.74) is 5.00. The number of nitrogens with zero attached hydrogens (tertiary/aromatic N) is 4. The van der Waals surface area contributed by atoms with Gasteiger partial charge in [0.25, 0.3) is 0 Å². The van der Waals surface area contributed by atoms with E-state index >= 15 is 0 Å². The standard InChI is InChI=1S/C30H33N7O2/c1-36-10-12-37(13-11-36)28-16-21(4-7-32-28)35-22-15-24-25(19-34-29(24)33-18-22)20-2-3-23-26(38)17-30(39-27(23)14-20)5-8-31-9-6-30/h2-4,7,14-16,18-19,31H,5-6,8-13,17H2,1H3,(H,32,35)(H,33,34). The van der Waals surface area contributed by atoms with E-state index in [2.05, 4.69) is 54.6 Å². The number of nitrogens with one attached hydrogen (secondary N) is 3. The highest BCUT2D eigenvalue weighted by Gasteiger charge is 2.41. The number of Topliss-reactive ketones (excluding diaryl/α,β-unsaturated/α-hetero) is 1. The van der Waals surface area contributed by atoms with Gasteiger partial charge in [0.1, 0.15) is 22.8 Å². The average Bonchev–Trinajstić information content (AvgIpc) is 3.37. The molecular weight excluding hydrogens is 490 g/mol. The van der Waals surface area contributed by atoms with Crippen LogP contribution in [0.5, 0.6) is 5.75 Å². The first-order chi connectivity index (χ1) is 19.1. The first kappa shape index (κ1) is 24.1. The first-order valence-corrected chi connectivity index (χ1v) is 13.8. The summed E-state index contributed by atoms with van der Waals surface area (Å²) in [7, 11) is 2.16. The van der Waals surface area contributed by atoms with Gasteiger partial charge >= 0.3 is 0 Å². The number of benzene rings is 1. The molecule has 4 aromatic rings. The summed E-state index contributed by atoms with van der Waals surface area (Å²) < 4.78 is 6.54. The molecule has 0 atom stereocenters. The lowest BCUT2D eigenvalue weighted by molar-refractivity contribution is 0.0188. The molecule has 0 unspecified atom stereocenters. The van der Waals surface area contributed by atoms with Gasteiger partial charge in [0.15, 0.2) is 5.78 Å². The van der Waals surface area contributed by atoms with Crippen molar-refractivity contribution in [3.05, 3.63) is 60.6 Å². The second kappa shape index (κ2) is 9.66. The van der Waals surface area contributed by atoms with Crippen molar-refractivity contribution in [3.63, 3.8) is 0 Å². The van der Waals surface area contributed by atoms with E-state index in [-0.39, 0.29) is 11.4 Å². The Morgan fingerprint density at radius 1 is 0.974 bits per heavy atom. The number of aromatic nitrogens is 3. The number of piperidine rings is 1. The maximum absolute atomic E-state index is 13.0. The molecule has 1 spiro atoms. The molecule has 9 nitrogen and oxygen atoms in total. The number of carbonyl (C=O) groups is 1. The van der Waals surface area contributed by atoms with Crippen LogP contribution in [0.4, 0.5) is 17.2 Å². The van der Waals surface area contributed by atoms with E-state index in [1.807, 2.05) is 42.9 Å². The minimum atomic E-state index is -0.389. The molecule has 9 heteroatoms. The number of aromatic amines is 1. The van der Waals surface area contributed by atoms with Crippen molar-refractivity contribution in [1.29, 1.82) is 0 Å². The molecule has 0 aliphatic carbocycles. The summed E-state index contributed by atoms with van der Waals surface area (Å²) in [5.74, 6) is 1.85. The molecule has 1 aromatic carbocycles. The molecule has 3 aromatic heterocycles. The number of piperazine rings is 1. The van der Waals surface area contributed by atoms with E-state index in [0.717, 1.165) is 91.5 Å². The smallest absolute Gasteiger partial charge is 0.170 e. The lowest BCUT2D eigenvalue weighted by Gasteiger charge is -2.41. The normalized spacial score (nSPS) is 19.2. The molecule has 3 aliphatic rings. The quantitative estimate of drug-likeness (QED) is 0.366. The van der Waals surface area contributed by atoms with E-state index in [9.17, 15) is 4.79 Å². The van der Waals surface area contributed by atoms with Crippen LogP contribution in [0, 0.1) is 0 Å². The highest BCUT2D eigenvalue weighted by molar-refractivity contribution is 6.02. The van der Waals surface area contributed by atoms with Gasteiger partial charge in [0, 0.05) is 74.1 Å². The summed E-state index contributed by atoms with van der Waals surface area (Å²) in [5, 5.41) is 7.90. The Hall–Kier alpha value is -3.95. The van der Waals surface area contributed by atoms with Crippen molar-refractivity contribution in [1.82, 2.24) is 25.2 Å². The number of anilines is 3. The number of hydrogen-bond donors (Lipinski definition) is 3. The van der Waals surface area contributed by atoms with Gasteiger partial charge in [-0.3, -0.25) is 4.79 Å². The summed E-state index contributed by atoms with van der Waals surface area (Å²) in [4.78, 5) is 30.2. The molecule has 3 aliphatic heterocycles. The van der Waals surface area contributed by atoms with Crippen LogP contribution in [-0.2, 0) is 0 Å². The molecule has 3 N–H and O–H groups in total. The molecule has 2 saturated heterocycles. The number of rotatable bonds is 4. The van der Waals surface area contributed by atoms with Gasteiger partial charge in [0.2, 0.25) is 0 Å². The highest BCUT2D eigenvalue weighted by Crippen LogP contribution is 2.41. The summed E-state index contributed by atoms with van der Waals surface area (Å²) in [6, 6.07) is 12.1. The largest absolute Gasteiger partial charge is 0.486 e. The molecule has 7 rings (SSSR count). The van der Waals surface area contributed by atoms with Crippen LogP contribution in [0.2, 0.25) is 0 Å². The van der Waals surface area contributed by atoms with Gasteiger partial charge in [-0.25, -0.2) is 9.97 Å². The summed E-state index contributed by atoms with van der Waals surface area (Å²) >= 11 is 0. The van der Waals surface area contributed by atoms with Gasteiger partial charge in [-0.15, -0.1) is 0 Å². The number of pyridine rings is 2. The average molecular weight is 524 g/mol. The Balaban J connectivity index is 1.17. The van der Waals surface area contributed by atoms with Crippen LogP contribution in [-0.4, -0.2) is 77.6 Å². The fourth-order valence-electron chi connectivity index (χ4n) is 6.00. The third-order valence-corrected chi connectivity index (χ3v) is 8.31. The maximum Gasteiger partial charge on any atom is 0.170 e. The van der Waals surface area contributed by atoms with Gasteiger partial charge in [-0.2, -0.15) is 0 Å². The van der Waals surface area contributed by atoms with Crippen LogP contribution in [0.25, 0.3) is 22.2 Å². The van der Waals surface area contributed by atoms with Crippen LogP contribution in [0.1, 0.15) is 29.6 Å². The SMILES string of the molecule is CN1CCN(c2cc(Nc3cnc4[nH]cc(-c5ccc6c(c5)OC5(CCNCC5)CC6=O)c4c3)ccn2)CC1. The Labute approximate surface area is 227 Å². The predicted octanol–water partition coefficient (Wildman–Crippen LogP) is 4.21. The van der Waals surface area contributed by atoms with E-state index in [1.54, 1.807) is 0 Å². The molecule has 39 heavy (non-hydrogen) atoms. The van der Waals surface area contributed by atoms with Crippen molar-refractivity contribution in [3.8, 4) is 16.9 Å². The maximum atomic E-state index is 13.0. The van der Waals surface area contributed by atoms with Crippen molar-refractivity contribution >= 4 is 34.0 Å². The zero-order valence-corrected chi connectivity index (χ0v) is 22.2. The number of likely N-dealkylation sites (N-methyl/N-ethyl adjacent to an activating group) is 1. The van der Waals surface area contributed by atoms with E-state index in [0.29, 0.717) is 17.7 Å². The monoisotopic (exact) mass is 523 g/mol. The fourth-order valence-corrected chi connectivity index (χ4v) is 6.00. The Morgan fingerprint density at radius 3 is 2.67 bits per heavy atom. The van der Waals surface area contributed by atoms with Crippen molar-refractivity contribution in [2.75, 3.05) is 56.5 Å². The third-order valence-electron chi connectivity index (χ3n) is 8.31. The van der Waals surface area contributed by atoms with Crippen LogP contribution in [0.15, 0.2) is 55.0 Å². The number of ketones is 1. The van der Waals surface area contributed by atoms with Gasteiger partial charge in [-0.1, -0.05) is 6.07 Å². The van der Waals surface area contributed by atoms with Gasteiger partial charge in [0.05, 0.1) is 23.9 Å². The Kier molecular flexibility index (Phi) is 5.97. The topological polar surface area (TPSA) is 98.4 Å². The van der Waals surface area contributed by atoms with Crippen molar-refractivity contribution in [2.24, 2.45) is 0 Å². The summed E-state index contributed by atoms with van der Waals surface area (Å²) in [6.45, 7) is 5.77. The zero-order chi connectivity index (χ0) is 26.4. The molecule has 6 heterocycles. The Bertz CT molecular complexity index is 1530. The van der Waals surface area contributed by atoms with Crippen molar-refractivity contribution in [2.45, 2.75) is 24.9 Å². The molecule has 0 radical (unpaired) electrons. The van der Waals surface area contributed by atoms with Gasteiger partial charge in [-0.05, 0) is 50.0 Å². The van der Waals surface area contributed by atoms with Crippen LogP contribution >= 0.6 is 0 Å². The molecule has 0 saturated carbocycles. The van der Waals surface area contributed by atoms with Gasteiger partial charge < -0.3 is 30.2 Å². The molecule has 0 amide bonds. The summed E-state index contributed by atoms with van der Waals surface area (Å²) in [6.07, 6.45) is 7.83. The van der Waals surface area contributed by atoms with Crippen LogP contribution in [0.3, 0.4) is 0 Å². The Morgan fingerprint density at radius 2 is 1.82 bits per heavy atom. The molecule has 0 bridgehead atoms. The fraction of sp³-hybridized carbons (Fsp3) is 0.367. The van der Waals surface area contributed by atoms with Crippen LogP contribution < -0.4 is 20.3 Å². The minimum Gasteiger partial charge on any atom is -0.486 e. The predicted molar refractivity (Wildman–Crippen MR) is 153 cm³/mol. The number of fused-ring (bicyclic) bond motifs is 2. The lowest BCUT2D eigenvalue weighted by Crippen LogP contribution is -2.49. The zero-order valence-electron chi connectivity index (χ0n) is 22.2. The van der Waals surface area contributed by atoms with E-state index < -0.39 is 0 Å². The first-order valence-electron chi connectivity index (χ1n) is 13.8. The van der Waals surface area contributed by atoms with E-state index in [4.69, 9.17) is 4.74 Å². The number of H-pyrrole nitrogens is 1. The highest BCUT2D eigenvalue weighted by atomic mass is 16.5. The molecule has 200 valence electrons. The number of carbonyl (C=O) groups excluding carboxylic acids is 1. The third kappa shape index (κ3) is 4.62. The lowest BCUT2D eigenvalue weighted by atomic mass is 9.82. The second-order valence-corrected chi connectivity index (χ2v) is 11.0. The molecule has 2 fully saturated rings. The number of hydrogen-bond acceptors (Lipinski definition) is 8. The second-order valence-electron chi connectivity index (χ2n) is 11.0. The molecular formula is C30H33N7O2. The number of ether oxygens (including phenoxy) is 1.